The summed E-state index contributed by atoms with van der Waals surface area (Å²) in [5, 5.41) is 19.3. The minimum atomic E-state index is -0.167. The maximum Gasteiger partial charge on any atom is 0.0992 e. The van der Waals surface area contributed by atoms with Crippen LogP contribution in [0.3, 0.4) is 0 Å². The average molecular weight is 240 g/mol. The summed E-state index contributed by atoms with van der Waals surface area (Å²) in [6.07, 6.45) is 2.22. The Morgan fingerprint density at radius 1 is 1.28 bits per heavy atom. The van der Waals surface area contributed by atoms with Crippen LogP contribution in [0.25, 0.3) is 0 Å². The van der Waals surface area contributed by atoms with E-state index in [0.717, 1.165) is 18.2 Å². The smallest absolute Gasteiger partial charge is 0.0992 e. The molecule has 1 aromatic rings. The molecule has 1 N–H and O–H groups in total. The molecule has 0 amide bonds. The number of anilines is 1. The Bertz CT molecular complexity index is 534. The number of hydrogen-bond acceptors (Lipinski definition) is 3. The van der Waals surface area contributed by atoms with Gasteiger partial charge in [0.2, 0.25) is 0 Å². The highest BCUT2D eigenvalue weighted by molar-refractivity contribution is 5.54. The molecule has 1 aromatic carbocycles. The van der Waals surface area contributed by atoms with E-state index >= 15 is 0 Å². The molecule has 3 heteroatoms. The third-order valence-electron chi connectivity index (χ3n) is 5.16. The van der Waals surface area contributed by atoms with E-state index in [1.807, 2.05) is 18.2 Å². The Labute approximate surface area is 107 Å². The molecule has 0 aromatic heterocycles. The second-order valence-electron chi connectivity index (χ2n) is 5.95. The van der Waals surface area contributed by atoms with Gasteiger partial charge < -0.3 is 10.0 Å². The first-order chi connectivity index (χ1) is 8.78. The Hall–Kier alpha value is -1.53. The highest BCUT2D eigenvalue weighted by Crippen LogP contribution is 2.55. The Morgan fingerprint density at radius 3 is 2.94 bits per heavy atom. The van der Waals surface area contributed by atoms with Crippen molar-refractivity contribution in [1.29, 1.82) is 5.26 Å². The number of hydrogen-bond donors (Lipinski definition) is 1. The van der Waals surface area contributed by atoms with Crippen LogP contribution in [0.1, 0.15) is 18.4 Å². The third kappa shape index (κ3) is 1.22. The molecule has 2 saturated carbocycles. The van der Waals surface area contributed by atoms with Gasteiger partial charge in [-0.25, -0.2) is 0 Å². The number of aliphatic hydroxyl groups is 1. The van der Waals surface area contributed by atoms with Gasteiger partial charge in [0, 0.05) is 12.2 Å². The van der Waals surface area contributed by atoms with Crippen LogP contribution in [-0.2, 0) is 0 Å². The van der Waals surface area contributed by atoms with Crippen molar-refractivity contribution in [2.24, 2.45) is 17.8 Å². The largest absolute Gasteiger partial charge is 0.391 e. The molecule has 4 rings (SSSR count). The van der Waals surface area contributed by atoms with Crippen molar-refractivity contribution in [3.63, 3.8) is 0 Å². The molecule has 5 unspecified atom stereocenters. The summed E-state index contributed by atoms with van der Waals surface area (Å²) in [4.78, 5) is 2.34. The van der Waals surface area contributed by atoms with E-state index in [4.69, 9.17) is 5.26 Å². The molecule has 0 spiro atoms. The average Bonchev–Trinajstić information content (AvgIpc) is 3.00. The van der Waals surface area contributed by atoms with Gasteiger partial charge in [-0.1, -0.05) is 6.07 Å². The number of rotatable bonds is 1. The zero-order valence-corrected chi connectivity index (χ0v) is 10.2. The van der Waals surface area contributed by atoms with Crippen LogP contribution < -0.4 is 4.90 Å². The van der Waals surface area contributed by atoms with Crippen molar-refractivity contribution in [1.82, 2.24) is 0 Å². The summed E-state index contributed by atoms with van der Waals surface area (Å²) in [6, 6.07) is 10.3. The number of nitrogens with zero attached hydrogens (tertiary/aromatic N) is 2. The Balaban J connectivity index is 1.72. The van der Waals surface area contributed by atoms with Crippen LogP contribution in [0, 0.1) is 29.1 Å². The molecule has 1 aliphatic heterocycles. The van der Waals surface area contributed by atoms with Crippen LogP contribution in [-0.4, -0.2) is 23.8 Å². The van der Waals surface area contributed by atoms with Gasteiger partial charge >= 0.3 is 0 Å². The first-order valence-electron chi connectivity index (χ1n) is 6.73. The van der Waals surface area contributed by atoms with Crippen LogP contribution in [0.15, 0.2) is 24.3 Å². The predicted molar refractivity (Wildman–Crippen MR) is 68.0 cm³/mol. The van der Waals surface area contributed by atoms with Crippen molar-refractivity contribution >= 4 is 5.69 Å². The normalized spacial score (nSPS) is 40.2. The zero-order valence-electron chi connectivity index (χ0n) is 10.2. The van der Waals surface area contributed by atoms with Gasteiger partial charge in [-0.2, -0.15) is 5.26 Å². The second kappa shape index (κ2) is 3.49. The van der Waals surface area contributed by atoms with Crippen molar-refractivity contribution in [2.75, 3.05) is 11.4 Å². The molecule has 3 nitrogen and oxygen atoms in total. The van der Waals surface area contributed by atoms with E-state index in [9.17, 15) is 5.11 Å². The van der Waals surface area contributed by atoms with Crippen LogP contribution in [0.4, 0.5) is 5.69 Å². The lowest BCUT2D eigenvalue weighted by Crippen LogP contribution is -2.40. The minimum absolute atomic E-state index is 0.167. The van der Waals surface area contributed by atoms with Gasteiger partial charge in [0.1, 0.15) is 0 Å². The van der Waals surface area contributed by atoms with E-state index in [1.54, 1.807) is 0 Å². The van der Waals surface area contributed by atoms with Crippen LogP contribution >= 0.6 is 0 Å². The molecule has 92 valence electrons. The molecule has 2 aliphatic carbocycles. The highest BCUT2D eigenvalue weighted by Gasteiger charge is 2.58. The van der Waals surface area contributed by atoms with E-state index in [-0.39, 0.29) is 6.10 Å². The molecule has 0 radical (unpaired) electrons. The van der Waals surface area contributed by atoms with Crippen LogP contribution in [0.5, 0.6) is 0 Å². The number of aliphatic hydroxyl groups excluding tert-OH is 1. The summed E-state index contributed by atoms with van der Waals surface area (Å²) in [6.45, 7) is 1.05. The number of nitriles is 1. The highest BCUT2D eigenvalue weighted by atomic mass is 16.3. The van der Waals surface area contributed by atoms with E-state index < -0.39 is 0 Å². The van der Waals surface area contributed by atoms with Gasteiger partial charge in [-0.05, 0) is 48.8 Å². The fourth-order valence-electron chi connectivity index (χ4n) is 4.46. The molecular weight excluding hydrogens is 224 g/mol. The third-order valence-corrected chi connectivity index (χ3v) is 5.16. The molecular formula is C15H16N2O. The molecule has 1 heterocycles. The molecule has 2 bridgehead atoms. The van der Waals surface area contributed by atoms with Gasteiger partial charge in [0.25, 0.3) is 0 Å². The minimum Gasteiger partial charge on any atom is -0.391 e. The van der Waals surface area contributed by atoms with Gasteiger partial charge in [0.05, 0.1) is 23.8 Å². The maximum atomic E-state index is 10.4. The van der Waals surface area contributed by atoms with Crippen molar-refractivity contribution < 1.29 is 5.11 Å². The van der Waals surface area contributed by atoms with Gasteiger partial charge in [-0.3, -0.25) is 0 Å². The van der Waals surface area contributed by atoms with Gasteiger partial charge in [0.15, 0.2) is 0 Å². The van der Waals surface area contributed by atoms with E-state index in [2.05, 4.69) is 17.0 Å². The first-order valence-corrected chi connectivity index (χ1v) is 6.73. The SMILES string of the molecule is N#Cc1cccc(N2CC3CC4CC3C2C4O)c1. The van der Waals surface area contributed by atoms with E-state index in [0.29, 0.717) is 23.4 Å². The molecule has 3 aliphatic rings. The fourth-order valence-corrected chi connectivity index (χ4v) is 4.46. The monoisotopic (exact) mass is 240 g/mol. The lowest BCUT2D eigenvalue weighted by atomic mass is 9.88. The first kappa shape index (κ1) is 10.4. The Morgan fingerprint density at radius 2 is 2.17 bits per heavy atom. The fraction of sp³-hybridized carbons (Fsp3) is 0.533. The van der Waals surface area contributed by atoms with Crippen molar-refractivity contribution in [2.45, 2.75) is 25.0 Å². The second-order valence-corrected chi connectivity index (χ2v) is 5.95. The van der Waals surface area contributed by atoms with E-state index in [1.165, 1.54) is 12.8 Å². The lowest BCUT2D eigenvalue weighted by molar-refractivity contribution is 0.0967. The summed E-state index contributed by atoms with van der Waals surface area (Å²) in [7, 11) is 0. The standard InChI is InChI=1S/C15H16N2O/c16-7-9-2-1-3-12(4-9)17-8-11-5-10-6-13(11)14(17)15(10)18/h1-4,10-11,13-15,18H,5-6,8H2. The maximum absolute atomic E-state index is 10.4. The molecule has 1 saturated heterocycles. The predicted octanol–water partition coefficient (Wildman–Crippen LogP) is 1.76. The lowest BCUT2D eigenvalue weighted by Gasteiger charge is -2.30. The number of benzene rings is 1. The topological polar surface area (TPSA) is 47.3 Å². The van der Waals surface area contributed by atoms with Crippen molar-refractivity contribution in [3.05, 3.63) is 29.8 Å². The zero-order chi connectivity index (χ0) is 12.3. The summed E-state index contributed by atoms with van der Waals surface area (Å²) >= 11 is 0. The summed E-state index contributed by atoms with van der Waals surface area (Å²) in [5.41, 5.74) is 1.81. The summed E-state index contributed by atoms with van der Waals surface area (Å²) in [5.74, 6) is 1.96. The quantitative estimate of drug-likeness (QED) is 0.813. The molecule has 5 atom stereocenters. The Kier molecular flexibility index (Phi) is 2.02. The van der Waals surface area contributed by atoms with Crippen molar-refractivity contribution in [3.8, 4) is 6.07 Å². The molecule has 18 heavy (non-hydrogen) atoms. The van der Waals surface area contributed by atoms with Gasteiger partial charge in [-0.15, -0.1) is 0 Å². The van der Waals surface area contributed by atoms with Crippen LogP contribution in [0.2, 0.25) is 0 Å². The molecule has 3 fully saturated rings. The summed E-state index contributed by atoms with van der Waals surface area (Å²) < 4.78 is 0. The number of fused-ring (bicyclic) bond motifs is 1.